The fraction of sp³-hybridized carbons (Fsp3) is 1.00. The molecule has 2 atom stereocenters. The average molecular weight is 173 g/mol. The molecule has 2 unspecified atom stereocenters. The summed E-state index contributed by atoms with van der Waals surface area (Å²) in [6.45, 7) is 9.22. The quantitative estimate of drug-likeness (QED) is 0.668. The summed E-state index contributed by atoms with van der Waals surface area (Å²) in [6.07, 6.45) is 2.67. The first-order valence-corrected chi connectivity index (χ1v) is 4.95. The summed E-state index contributed by atoms with van der Waals surface area (Å²) in [5.74, 6) is 0.513. The summed E-state index contributed by atoms with van der Waals surface area (Å²) in [4.78, 5) is 0. The maximum Gasteiger partial charge on any atom is 0.0623 e. The van der Waals surface area contributed by atoms with Crippen molar-refractivity contribution in [2.45, 2.75) is 52.7 Å². The molecule has 0 rings (SSSR count). The normalized spacial score (nSPS) is 16.5. The van der Waals surface area contributed by atoms with Crippen molar-refractivity contribution >= 4 is 0 Å². The van der Waals surface area contributed by atoms with Crippen LogP contribution in [0.2, 0.25) is 0 Å². The van der Waals surface area contributed by atoms with Gasteiger partial charge in [-0.2, -0.15) is 0 Å². The topological polar surface area (TPSA) is 35.2 Å². The maximum atomic E-state index is 5.84. The molecule has 74 valence electrons. The molecule has 0 aromatic carbocycles. The molecule has 0 aromatic heterocycles. The molecule has 0 radical (unpaired) electrons. The molecule has 2 nitrogen and oxygen atoms in total. The van der Waals surface area contributed by atoms with E-state index >= 15 is 0 Å². The van der Waals surface area contributed by atoms with Crippen LogP contribution in [0.1, 0.15) is 40.5 Å². The summed E-state index contributed by atoms with van der Waals surface area (Å²) >= 11 is 0. The Bertz CT molecular complexity index is 104. The SMILES string of the molecule is CCCC(C)OCC(N)C(C)C. The predicted molar refractivity (Wildman–Crippen MR) is 53.1 cm³/mol. The zero-order valence-corrected chi connectivity index (χ0v) is 8.84. The Morgan fingerprint density at radius 3 is 2.25 bits per heavy atom. The zero-order chi connectivity index (χ0) is 9.56. The number of hydrogen-bond acceptors (Lipinski definition) is 2. The Hall–Kier alpha value is -0.0800. The minimum atomic E-state index is 0.185. The van der Waals surface area contributed by atoms with Gasteiger partial charge in [0.15, 0.2) is 0 Å². The maximum absolute atomic E-state index is 5.84. The Morgan fingerprint density at radius 1 is 1.25 bits per heavy atom. The van der Waals surface area contributed by atoms with E-state index in [4.69, 9.17) is 10.5 Å². The van der Waals surface area contributed by atoms with Crippen molar-refractivity contribution in [3.05, 3.63) is 0 Å². The highest BCUT2D eigenvalue weighted by molar-refractivity contribution is 4.64. The van der Waals surface area contributed by atoms with E-state index in [-0.39, 0.29) is 6.04 Å². The summed E-state index contributed by atoms with van der Waals surface area (Å²) in [6, 6.07) is 0.185. The standard InChI is InChI=1S/C10H23NO/c1-5-6-9(4)12-7-10(11)8(2)3/h8-10H,5-7,11H2,1-4H3. The summed E-state index contributed by atoms with van der Waals surface area (Å²) < 4.78 is 5.58. The average Bonchev–Trinajstić information content (AvgIpc) is 2.00. The smallest absolute Gasteiger partial charge is 0.0623 e. The van der Waals surface area contributed by atoms with E-state index in [1.807, 2.05) is 0 Å². The van der Waals surface area contributed by atoms with Crippen molar-refractivity contribution in [3.8, 4) is 0 Å². The van der Waals surface area contributed by atoms with Crippen LogP contribution < -0.4 is 5.73 Å². The lowest BCUT2D eigenvalue weighted by molar-refractivity contribution is 0.0435. The Balaban J connectivity index is 3.40. The van der Waals surface area contributed by atoms with Crippen LogP contribution in [0, 0.1) is 5.92 Å². The molecule has 0 heterocycles. The molecule has 0 aliphatic carbocycles. The highest BCUT2D eigenvalue weighted by Gasteiger charge is 2.09. The first kappa shape index (κ1) is 11.9. The summed E-state index contributed by atoms with van der Waals surface area (Å²) in [5, 5.41) is 0. The van der Waals surface area contributed by atoms with Gasteiger partial charge in [0.1, 0.15) is 0 Å². The van der Waals surface area contributed by atoms with Gasteiger partial charge >= 0.3 is 0 Å². The highest BCUT2D eigenvalue weighted by atomic mass is 16.5. The van der Waals surface area contributed by atoms with E-state index in [9.17, 15) is 0 Å². The van der Waals surface area contributed by atoms with Gasteiger partial charge in [-0.3, -0.25) is 0 Å². The van der Waals surface area contributed by atoms with E-state index in [1.165, 1.54) is 6.42 Å². The van der Waals surface area contributed by atoms with Gasteiger partial charge in [-0.25, -0.2) is 0 Å². The first-order valence-electron chi connectivity index (χ1n) is 4.95. The molecule has 2 heteroatoms. The van der Waals surface area contributed by atoms with Crippen molar-refractivity contribution in [2.75, 3.05) is 6.61 Å². The molecule has 12 heavy (non-hydrogen) atoms. The predicted octanol–water partition coefficient (Wildman–Crippen LogP) is 2.17. The van der Waals surface area contributed by atoms with Crippen LogP contribution in [0.5, 0.6) is 0 Å². The molecule has 0 spiro atoms. The van der Waals surface area contributed by atoms with E-state index in [2.05, 4.69) is 27.7 Å². The van der Waals surface area contributed by atoms with E-state index in [0.29, 0.717) is 18.6 Å². The van der Waals surface area contributed by atoms with Gasteiger partial charge in [0.05, 0.1) is 12.7 Å². The number of rotatable bonds is 6. The van der Waals surface area contributed by atoms with Crippen molar-refractivity contribution in [1.82, 2.24) is 0 Å². The second kappa shape index (κ2) is 6.44. The van der Waals surface area contributed by atoms with Crippen LogP contribution in [0.4, 0.5) is 0 Å². The van der Waals surface area contributed by atoms with Gasteiger partial charge in [-0.1, -0.05) is 27.2 Å². The molecular formula is C10H23NO. The van der Waals surface area contributed by atoms with Gasteiger partial charge in [-0.15, -0.1) is 0 Å². The van der Waals surface area contributed by atoms with Gasteiger partial charge in [0, 0.05) is 6.04 Å². The molecule has 0 aliphatic heterocycles. The lowest BCUT2D eigenvalue weighted by Gasteiger charge is -2.18. The fourth-order valence-electron chi connectivity index (χ4n) is 0.958. The molecule has 0 aromatic rings. The Kier molecular flexibility index (Phi) is 6.39. The molecular weight excluding hydrogens is 150 g/mol. The van der Waals surface area contributed by atoms with E-state index < -0.39 is 0 Å². The molecule has 0 aliphatic rings. The second-order valence-electron chi connectivity index (χ2n) is 3.84. The molecule has 2 N–H and O–H groups in total. The summed E-state index contributed by atoms with van der Waals surface area (Å²) in [7, 11) is 0. The molecule has 0 saturated heterocycles. The van der Waals surface area contributed by atoms with E-state index in [1.54, 1.807) is 0 Å². The number of nitrogens with two attached hydrogens (primary N) is 1. The monoisotopic (exact) mass is 173 g/mol. The minimum Gasteiger partial charge on any atom is -0.377 e. The van der Waals surface area contributed by atoms with Crippen LogP contribution in [0.15, 0.2) is 0 Å². The van der Waals surface area contributed by atoms with Crippen molar-refractivity contribution in [1.29, 1.82) is 0 Å². The molecule has 0 amide bonds. The number of ether oxygens (including phenoxy) is 1. The molecule has 0 saturated carbocycles. The Morgan fingerprint density at radius 2 is 1.83 bits per heavy atom. The Labute approximate surface area is 76.5 Å². The largest absolute Gasteiger partial charge is 0.377 e. The van der Waals surface area contributed by atoms with Gasteiger partial charge < -0.3 is 10.5 Å². The lowest BCUT2D eigenvalue weighted by Crippen LogP contribution is -2.33. The van der Waals surface area contributed by atoms with Crippen LogP contribution in [0.3, 0.4) is 0 Å². The van der Waals surface area contributed by atoms with Crippen molar-refractivity contribution in [3.63, 3.8) is 0 Å². The molecule has 0 bridgehead atoms. The lowest BCUT2D eigenvalue weighted by atomic mass is 10.1. The fourth-order valence-corrected chi connectivity index (χ4v) is 0.958. The van der Waals surface area contributed by atoms with Gasteiger partial charge in [0.25, 0.3) is 0 Å². The first-order chi connectivity index (χ1) is 5.57. The van der Waals surface area contributed by atoms with Gasteiger partial charge in [-0.05, 0) is 19.3 Å². The van der Waals surface area contributed by atoms with Crippen LogP contribution >= 0.6 is 0 Å². The molecule has 0 fully saturated rings. The minimum absolute atomic E-state index is 0.185. The number of hydrogen-bond donors (Lipinski definition) is 1. The third-order valence-corrected chi connectivity index (χ3v) is 2.12. The van der Waals surface area contributed by atoms with Crippen molar-refractivity contribution < 1.29 is 4.74 Å². The summed E-state index contributed by atoms with van der Waals surface area (Å²) in [5.41, 5.74) is 5.84. The van der Waals surface area contributed by atoms with E-state index in [0.717, 1.165) is 6.42 Å². The highest BCUT2D eigenvalue weighted by Crippen LogP contribution is 2.04. The van der Waals surface area contributed by atoms with Crippen LogP contribution in [-0.2, 0) is 4.74 Å². The van der Waals surface area contributed by atoms with Crippen LogP contribution in [0.25, 0.3) is 0 Å². The van der Waals surface area contributed by atoms with Crippen molar-refractivity contribution in [2.24, 2.45) is 11.7 Å². The zero-order valence-electron chi connectivity index (χ0n) is 8.84. The third kappa shape index (κ3) is 5.56. The second-order valence-corrected chi connectivity index (χ2v) is 3.84. The third-order valence-electron chi connectivity index (χ3n) is 2.12. The van der Waals surface area contributed by atoms with Crippen LogP contribution in [-0.4, -0.2) is 18.8 Å². The van der Waals surface area contributed by atoms with Gasteiger partial charge in [0.2, 0.25) is 0 Å².